The molecule has 1 N–H and O–H groups in total. The first-order valence-corrected chi connectivity index (χ1v) is 8.50. The number of ether oxygens (including phenoxy) is 2. The molecule has 2 rings (SSSR count). The van der Waals surface area contributed by atoms with Crippen LogP contribution in [-0.2, 0) is 9.59 Å². The molecule has 1 atom stereocenters. The van der Waals surface area contributed by atoms with E-state index in [1.165, 1.54) is 4.90 Å². The fraction of sp³-hybridized carbons (Fsp3) is 0.556. The molecule has 1 amide bonds. The number of piperazine rings is 1. The number of carboxylic acids is 1. The van der Waals surface area contributed by atoms with E-state index in [9.17, 15) is 14.7 Å². The smallest absolute Gasteiger partial charge is 0.223 e. The van der Waals surface area contributed by atoms with Crippen molar-refractivity contribution in [2.24, 2.45) is 0 Å². The maximum Gasteiger partial charge on any atom is 0.223 e. The van der Waals surface area contributed by atoms with Gasteiger partial charge in [0.2, 0.25) is 5.91 Å². The van der Waals surface area contributed by atoms with Gasteiger partial charge in [0.05, 0.1) is 40.4 Å². The van der Waals surface area contributed by atoms with Crippen LogP contribution in [0.5, 0.6) is 11.5 Å². The summed E-state index contributed by atoms with van der Waals surface area (Å²) in [5.41, 5.74) is 1.16. The molecular formula is C18H26N2O5. The first kappa shape index (κ1) is 19.1. The van der Waals surface area contributed by atoms with Gasteiger partial charge in [-0.2, -0.15) is 0 Å². The Balaban J connectivity index is 1.94. The normalized spacial score (nSPS) is 16.4. The standard InChI is InChI=1S/C18H26N2O5/c1-13(14-4-5-15(24-2)16(12-14)25-3)19-8-10-20(11-9-19)17(21)6-7-18(22)23/h4-5,12-13H,6-11H2,1-3H3,(H,22,23)/t13-/m0/s1. The largest absolute Gasteiger partial charge is 0.550 e. The Bertz CT molecular complexity index is 611. The maximum atomic E-state index is 12.0. The van der Waals surface area contributed by atoms with Crippen LogP contribution < -0.4 is 19.5 Å². The van der Waals surface area contributed by atoms with E-state index in [0.717, 1.165) is 18.7 Å². The van der Waals surface area contributed by atoms with E-state index in [1.54, 1.807) is 19.1 Å². The summed E-state index contributed by atoms with van der Waals surface area (Å²) in [5, 5.41) is 10.5. The van der Waals surface area contributed by atoms with E-state index in [4.69, 9.17) is 9.47 Å². The predicted octanol–water partition coefficient (Wildman–Crippen LogP) is -0.978. The topological polar surface area (TPSA) is 83.3 Å². The highest BCUT2D eigenvalue weighted by Gasteiger charge is 2.28. The Labute approximate surface area is 148 Å². The zero-order valence-corrected chi connectivity index (χ0v) is 15.0. The Kier molecular flexibility index (Phi) is 6.64. The van der Waals surface area contributed by atoms with Gasteiger partial charge in [0.1, 0.15) is 6.04 Å². The number of aliphatic carboxylic acids is 1. The Morgan fingerprint density at radius 1 is 1.16 bits per heavy atom. The van der Waals surface area contributed by atoms with E-state index < -0.39 is 5.97 Å². The molecule has 0 spiro atoms. The quantitative estimate of drug-likeness (QED) is 0.684. The van der Waals surface area contributed by atoms with Crippen molar-refractivity contribution in [1.82, 2.24) is 4.90 Å². The van der Waals surface area contributed by atoms with Crippen molar-refractivity contribution in [3.63, 3.8) is 0 Å². The molecule has 1 saturated heterocycles. The van der Waals surface area contributed by atoms with E-state index in [0.29, 0.717) is 24.6 Å². The lowest BCUT2D eigenvalue weighted by molar-refractivity contribution is -0.933. The number of carbonyl (C=O) groups excluding carboxylic acids is 2. The number of quaternary nitrogens is 1. The molecule has 1 aromatic rings. The monoisotopic (exact) mass is 350 g/mol. The number of nitrogens with one attached hydrogen (secondary N) is 1. The number of benzene rings is 1. The van der Waals surface area contributed by atoms with Gasteiger partial charge in [-0.1, -0.05) is 0 Å². The molecule has 0 radical (unpaired) electrons. The molecule has 0 saturated carbocycles. The highest BCUT2D eigenvalue weighted by molar-refractivity contribution is 5.80. The minimum absolute atomic E-state index is 0.0168. The zero-order valence-electron chi connectivity index (χ0n) is 15.0. The van der Waals surface area contributed by atoms with Crippen molar-refractivity contribution in [3.8, 4) is 11.5 Å². The van der Waals surface area contributed by atoms with Gasteiger partial charge >= 0.3 is 0 Å². The molecule has 1 heterocycles. The number of hydrogen-bond acceptors (Lipinski definition) is 5. The summed E-state index contributed by atoms with van der Waals surface area (Å²) in [4.78, 5) is 25.6. The van der Waals surface area contributed by atoms with Crippen LogP contribution in [0.1, 0.15) is 31.4 Å². The summed E-state index contributed by atoms with van der Waals surface area (Å²) in [5.74, 6) is 0.126. The molecule has 1 aliphatic rings. The highest BCUT2D eigenvalue weighted by Crippen LogP contribution is 2.29. The van der Waals surface area contributed by atoms with Crippen molar-refractivity contribution in [2.75, 3.05) is 40.4 Å². The van der Waals surface area contributed by atoms with Crippen LogP contribution in [-0.4, -0.2) is 57.2 Å². The number of nitrogens with zero attached hydrogens (tertiary/aromatic N) is 1. The lowest BCUT2D eigenvalue weighted by Gasteiger charge is -2.35. The lowest BCUT2D eigenvalue weighted by atomic mass is 10.0. The van der Waals surface area contributed by atoms with Crippen LogP contribution in [0.3, 0.4) is 0 Å². The second kappa shape index (κ2) is 8.71. The van der Waals surface area contributed by atoms with E-state index in [1.807, 2.05) is 18.2 Å². The van der Waals surface area contributed by atoms with Gasteiger partial charge in [0.25, 0.3) is 0 Å². The van der Waals surface area contributed by atoms with Gasteiger partial charge < -0.3 is 29.2 Å². The van der Waals surface area contributed by atoms with E-state index >= 15 is 0 Å². The average Bonchev–Trinajstić information content (AvgIpc) is 2.64. The van der Waals surface area contributed by atoms with Crippen LogP contribution in [0.15, 0.2) is 18.2 Å². The SMILES string of the molecule is COc1ccc([C@H](C)[NH+]2CCN(C(=O)CCC(=O)[O-])CC2)cc1OC. The number of hydrogen-bond donors (Lipinski definition) is 1. The van der Waals surface area contributed by atoms with Gasteiger partial charge in [0.15, 0.2) is 11.5 Å². The fourth-order valence-electron chi connectivity index (χ4n) is 3.20. The van der Waals surface area contributed by atoms with Crippen LogP contribution >= 0.6 is 0 Å². The summed E-state index contributed by atoms with van der Waals surface area (Å²) in [6.45, 7) is 5.08. The average molecular weight is 350 g/mol. The Morgan fingerprint density at radius 2 is 1.80 bits per heavy atom. The van der Waals surface area contributed by atoms with Crippen molar-refractivity contribution in [1.29, 1.82) is 0 Å². The van der Waals surface area contributed by atoms with Crippen LogP contribution in [0, 0.1) is 0 Å². The van der Waals surface area contributed by atoms with Crippen molar-refractivity contribution in [3.05, 3.63) is 23.8 Å². The molecular weight excluding hydrogens is 324 g/mol. The molecule has 0 aromatic heterocycles. The molecule has 0 unspecified atom stereocenters. The van der Waals surface area contributed by atoms with E-state index in [2.05, 4.69) is 6.92 Å². The number of amides is 1. The molecule has 0 bridgehead atoms. The van der Waals surface area contributed by atoms with Gasteiger partial charge in [-0.3, -0.25) is 4.79 Å². The Hall–Kier alpha value is -2.28. The molecule has 1 fully saturated rings. The van der Waals surface area contributed by atoms with Crippen LogP contribution in [0.4, 0.5) is 0 Å². The molecule has 7 nitrogen and oxygen atoms in total. The summed E-state index contributed by atoms with van der Waals surface area (Å²) >= 11 is 0. The summed E-state index contributed by atoms with van der Waals surface area (Å²) in [6, 6.07) is 6.20. The summed E-state index contributed by atoms with van der Waals surface area (Å²) < 4.78 is 10.6. The first-order valence-electron chi connectivity index (χ1n) is 8.50. The minimum Gasteiger partial charge on any atom is -0.550 e. The van der Waals surface area contributed by atoms with Crippen molar-refractivity contribution < 1.29 is 29.1 Å². The van der Waals surface area contributed by atoms with Gasteiger partial charge in [0, 0.05) is 18.0 Å². The van der Waals surface area contributed by atoms with Gasteiger partial charge in [-0.15, -0.1) is 0 Å². The van der Waals surface area contributed by atoms with Crippen molar-refractivity contribution in [2.45, 2.75) is 25.8 Å². The van der Waals surface area contributed by atoms with E-state index in [-0.39, 0.29) is 24.8 Å². The second-order valence-corrected chi connectivity index (χ2v) is 6.25. The van der Waals surface area contributed by atoms with Gasteiger partial charge in [-0.05, 0) is 31.5 Å². The third-order valence-electron chi connectivity index (χ3n) is 4.82. The molecule has 0 aliphatic carbocycles. The highest BCUT2D eigenvalue weighted by atomic mass is 16.5. The maximum absolute atomic E-state index is 12.0. The number of carboxylic acid groups (broad SMARTS) is 1. The molecule has 1 aliphatic heterocycles. The second-order valence-electron chi connectivity index (χ2n) is 6.25. The predicted molar refractivity (Wildman–Crippen MR) is 89.5 cm³/mol. The zero-order chi connectivity index (χ0) is 18.4. The van der Waals surface area contributed by atoms with Crippen molar-refractivity contribution >= 4 is 11.9 Å². The molecule has 1 aromatic carbocycles. The molecule has 25 heavy (non-hydrogen) atoms. The summed E-state index contributed by atoms with van der Waals surface area (Å²) in [7, 11) is 3.24. The van der Waals surface area contributed by atoms with Crippen LogP contribution in [0.25, 0.3) is 0 Å². The lowest BCUT2D eigenvalue weighted by Crippen LogP contribution is -3.14. The van der Waals surface area contributed by atoms with Gasteiger partial charge in [-0.25, -0.2) is 0 Å². The molecule has 7 heteroatoms. The minimum atomic E-state index is -1.18. The summed E-state index contributed by atoms with van der Waals surface area (Å²) in [6.07, 6.45) is -0.198. The fourth-order valence-corrected chi connectivity index (χ4v) is 3.20. The van der Waals surface area contributed by atoms with Crippen LogP contribution in [0.2, 0.25) is 0 Å². The number of methoxy groups -OCH3 is 2. The Morgan fingerprint density at radius 3 is 2.36 bits per heavy atom. The molecule has 138 valence electrons. The third-order valence-corrected chi connectivity index (χ3v) is 4.82. The number of carbonyl (C=O) groups is 2. The first-order chi connectivity index (χ1) is 12.0. The third kappa shape index (κ3) is 4.85. The number of rotatable bonds is 7.